The van der Waals surface area contributed by atoms with Gasteiger partial charge in [0, 0.05) is 16.2 Å². The number of rotatable bonds is 2. The molecule has 0 fully saturated rings. The summed E-state index contributed by atoms with van der Waals surface area (Å²) in [6.07, 6.45) is 1.69. The van der Waals surface area contributed by atoms with E-state index in [1.807, 2.05) is 36.4 Å². The molecule has 1 N–H and O–H groups in total. The molecule has 0 spiro atoms. The highest BCUT2D eigenvalue weighted by Gasteiger charge is 2.02. The van der Waals surface area contributed by atoms with Crippen LogP contribution >= 0.6 is 15.9 Å². The van der Waals surface area contributed by atoms with Gasteiger partial charge in [-0.1, -0.05) is 40.2 Å². The molecule has 0 atom stereocenters. The highest BCUT2D eigenvalue weighted by atomic mass is 79.9. The van der Waals surface area contributed by atoms with Crippen LogP contribution in [0.5, 0.6) is 0 Å². The maximum absolute atomic E-state index is 8.90. The average molecular weight is 264 g/mol. The van der Waals surface area contributed by atoms with Crippen molar-refractivity contribution in [2.24, 2.45) is 0 Å². The number of benzene rings is 1. The fourth-order valence-corrected chi connectivity index (χ4v) is 1.83. The molecule has 1 heterocycles. The van der Waals surface area contributed by atoms with Gasteiger partial charge in [0.15, 0.2) is 0 Å². The standard InChI is InChI=1S/C12H10BrNO/c13-11-4-2-1-3-10(11)12-6-5-9(8-15)7-14-12/h1-7,15H,8H2. The lowest BCUT2D eigenvalue weighted by Gasteiger charge is -2.03. The molecule has 2 aromatic rings. The van der Waals surface area contributed by atoms with Crippen LogP contribution in [0.15, 0.2) is 47.1 Å². The van der Waals surface area contributed by atoms with Crippen LogP contribution in [0.1, 0.15) is 5.56 Å². The highest BCUT2D eigenvalue weighted by Crippen LogP contribution is 2.26. The van der Waals surface area contributed by atoms with Gasteiger partial charge in [-0.3, -0.25) is 4.98 Å². The Morgan fingerprint density at radius 2 is 1.93 bits per heavy atom. The molecule has 0 unspecified atom stereocenters. The first kappa shape index (κ1) is 10.3. The third-order valence-electron chi connectivity index (χ3n) is 2.16. The summed E-state index contributed by atoms with van der Waals surface area (Å²) in [5, 5.41) is 8.90. The minimum Gasteiger partial charge on any atom is -0.392 e. The van der Waals surface area contributed by atoms with E-state index in [2.05, 4.69) is 20.9 Å². The van der Waals surface area contributed by atoms with Crippen molar-refractivity contribution in [1.29, 1.82) is 0 Å². The van der Waals surface area contributed by atoms with Crippen LogP contribution < -0.4 is 0 Å². The zero-order chi connectivity index (χ0) is 10.7. The van der Waals surface area contributed by atoms with E-state index < -0.39 is 0 Å². The minimum absolute atomic E-state index is 0.0310. The van der Waals surface area contributed by atoms with Crippen molar-refractivity contribution in [3.8, 4) is 11.3 Å². The monoisotopic (exact) mass is 263 g/mol. The van der Waals surface area contributed by atoms with Crippen LogP contribution in [0.25, 0.3) is 11.3 Å². The quantitative estimate of drug-likeness (QED) is 0.904. The molecule has 15 heavy (non-hydrogen) atoms. The van der Waals surface area contributed by atoms with Gasteiger partial charge in [-0.2, -0.15) is 0 Å². The SMILES string of the molecule is OCc1ccc(-c2ccccc2Br)nc1. The van der Waals surface area contributed by atoms with Gasteiger partial charge in [0.2, 0.25) is 0 Å². The molecule has 3 heteroatoms. The van der Waals surface area contributed by atoms with Gasteiger partial charge in [-0.05, 0) is 17.7 Å². The van der Waals surface area contributed by atoms with Crippen LogP contribution in [0.3, 0.4) is 0 Å². The van der Waals surface area contributed by atoms with E-state index in [1.165, 1.54) is 0 Å². The predicted octanol–water partition coefficient (Wildman–Crippen LogP) is 3.00. The number of hydrogen-bond acceptors (Lipinski definition) is 2. The molecule has 0 bridgehead atoms. The third-order valence-corrected chi connectivity index (χ3v) is 2.85. The zero-order valence-electron chi connectivity index (χ0n) is 8.02. The second kappa shape index (κ2) is 4.55. The molecule has 1 aromatic heterocycles. The van der Waals surface area contributed by atoms with E-state index in [4.69, 9.17) is 5.11 Å². The first-order chi connectivity index (χ1) is 7.31. The number of pyridine rings is 1. The lowest BCUT2D eigenvalue weighted by molar-refractivity contribution is 0.281. The van der Waals surface area contributed by atoms with E-state index in [0.29, 0.717) is 0 Å². The Hall–Kier alpha value is -1.19. The predicted molar refractivity (Wildman–Crippen MR) is 63.3 cm³/mol. The Bertz CT molecular complexity index is 453. The summed E-state index contributed by atoms with van der Waals surface area (Å²) in [6.45, 7) is 0.0310. The Morgan fingerprint density at radius 3 is 2.53 bits per heavy atom. The summed E-state index contributed by atoms with van der Waals surface area (Å²) in [7, 11) is 0. The van der Waals surface area contributed by atoms with Gasteiger partial charge in [-0.15, -0.1) is 0 Å². The maximum atomic E-state index is 8.90. The number of nitrogens with zero attached hydrogens (tertiary/aromatic N) is 1. The summed E-state index contributed by atoms with van der Waals surface area (Å²) >= 11 is 3.48. The van der Waals surface area contributed by atoms with Crippen molar-refractivity contribution in [3.63, 3.8) is 0 Å². The fraction of sp³-hybridized carbons (Fsp3) is 0.0833. The Balaban J connectivity index is 2.42. The van der Waals surface area contributed by atoms with Gasteiger partial charge in [0.1, 0.15) is 0 Å². The molecular formula is C12H10BrNO. The van der Waals surface area contributed by atoms with Gasteiger partial charge >= 0.3 is 0 Å². The number of halogens is 1. The molecule has 1 aromatic carbocycles. The number of aromatic nitrogens is 1. The first-order valence-electron chi connectivity index (χ1n) is 4.62. The molecule has 0 amide bonds. The summed E-state index contributed by atoms with van der Waals surface area (Å²) in [5.41, 5.74) is 2.78. The Kier molecular flexibility index (Phi) is 3.14. The third kappa shape index (κ3) is 2.25. The van der Waals surface area contributed by atoms with Crippen molar-refractivity contribution < 1.29 is 5.11 Å². The molecule has 0 aliphatic heterocycles. The van der Waals surface area contributed by atoms with E-state index >= 15 is 0 Å². The van der Waals surface area contributed by atoms with Gasteiger partial charge in [0.25, 0.3) is 0 Å². The van der Waals surface area contributed by atoms with Crippen LogP contribution in [-0.2, 0) is 6.61 Å². The molecule has 0 aliphatic rings. The molecular weight excluding hydrogens is 254 g/mol. The fourth-order valence-electron chi connectivity index (χ4n) is 1.35. The van der Waals surface area contributed by atoms with E-state index in [0.717, 1.165) is 21.3 Å². The normalized spacial score (nSPS) is 10.3. The summed E-state index contributed by atoms with van der Waals surface area (Å²) in [4.78, 5) is 4.29. The van der Waals surface area contributed by atoms with Crippen molar-refractivity contribution in [3.05, 3.63) is 52.6 Å². The molecule has 76 valence electrons. The van der Waals surface area contributed by atoms with E-state index in [-0.39, 0.29) is 6.61 Å². The van der Waals surface area contributed by atoms with E-state index in [9.17, 15) is 0 Å². The summed E-state index contributed by atoms with van der Waals surface area (Å²) in [6, 6.07) is 11.7. The van der Waals surface area contributed by atoms with E-state index in [1.54, 1.807) is 6.20 Å². The largest absolute Gasteiger partial charge is 0.392 e. The van der Waals surface area contributed by atoms with Crippen LogP contribution in [-0.4, -0.2) is 10.1 Å². The Labute approximate surface area is 96.7 Å². The van der Waals surface area contributed by atoms with Gasteiger partial charge < -0.3 is 5.11 Å². The zero-order valence-corrected chi connectivity index (χ0v) is 9.61. The second-order valence-electron chi connectivity index (χ2n) is 3.19. The molecule has 0 radical (unpaired) electrons. The smallest absolute Gasteiger partial charge is 0.0713 e. The average Bonchev–Trinajstić information content (AvgIpc) is 2.30. The highest BCUT2D eigenvalue weighted by molar-refractivity contribution is 9.10. The second-order valence-corrected chi connectivity index (χ2v) is 4.04. The topological polar surface area (TPSA) is 33.1 Å². The number of aliphatic hydroxyl groups excluding tert-OH is 1. The van der Waals surface area contributed by atoms with Gasteiger partial charge in [0.05, 0.1) is 12.3 Å². The maximum Gasteiger partial charge on any atom is 0.0713 e. The lowest BCUT2D eigenvalue weighted by atomic mass is 10.1. The van der Waals surface area contributed by atoms with Crippen LogP contribution in [0.4, 0.5) is 0 Å². The minimum atomic E-state index is 0.0310. The molecule has 0 aliphatic carbocycles. The molecule has 2 rings (SSSR count). The van der Waals surface area contributed by atoms with Crippen LogP contribution in [0.2, 0.25) is 0 Å². The number of aliphatic hydroxyl groups is 1. The lowest BCUT2D eigenvalue weighted by Crippen LogP contribution is -1.88. The molecule has 0 saturated heterocycles. The Morgan fingerprint density at radius 1 is 1.13 bits per heavy atom. The van der Waals surface area contributed by atoms with Crippen molar-refractivity contribution >= 4 is 15.9 Å². The van der Waals surface area contributed by atoms with Crippen LogP contribution in [0, 0.1) is 0 Å². The van der Waals surface area contributed by atoms with Crippen molar-refractivity contribution in [2.75, 3.05) is 0 Å². The first-order valence-corrected chi connectivity index (χ1v) is 5.41. The summed E-state index contributed by atoms with van der Waals surface area (Å²) in [5.74, 6) is 0. The van der Waals surface area contributed by atoms with Crippen molar-refractivity contribution in [2.45, 2.75) is 6.61 Å². The van der Waals surface area contributed by atoms with Crippen molar-refractivity contribution in [1.82, 2.24) is 4.98 Å². The van der Waals surface area contributed by atoms with Gasteiger partial charge in [-0.25, -0.2) is 0 Å². The summed E-state index contributed by atoms with van der Waals surface area (Å²) < 4.78 is 1.02. The molecule has 2 nitrogen and oxygen atoms in total. The molecule has 0 saturated carbocycles. The number of hydrogen-bond donors (Lipinski definition) is 1.